The average molecular weight is 476 g/mol. The first-order valence-corrected chi connectivity index (χ1v) is 12.3. The summed E-state index contributed by atoms with van der Waals surface area (Å²) >= 11 is 0. The summed E-state index contributed by atoms with van der Waals surface area (Å²) in [6.45, 7) is 6.12. The highest BCUT2D eigenvalue weighted by Crippen LogP contribution is 2.55. The van der Waals surface area contributed by atoms with Crippen LogP contribution in [0.1, 0.15) is 51.5 Å². The molecule has 7 heteroatoms. The highest BCUT2D eigenvalue weighted by Gasteiger charge is 2.56. The number of imide groups is 1. The second kappa shape index (κ2) is 8.63. The number of carbonyl (C=O) groups excluding carboxylic acids is 4. The van der Waals surface area contributed by atoms with Crippen LogP contribution in [0.4, 0.5) is 0 Å². The molecular weight excluding hydrogens is 446 g/mol. The Morgan fingerprint density at radius 1 is 1.09 bits per heavy atom. The van der Waals surface area contributed by atoms with Crippen molar-refractivity contribution in [1.82, 2.24) is 4.90 Å². The van der Waals surface area contributed by atoms with Gasteiger partial charge in [-0.2, -0.15) is 0 Å². The molecule has 0 unspecified atom stereocenters. The number of Topliss-reactive ketones (excluding diaryl/α,β-unsaturated/α-hetero) is 1. The Hall–Kier alpha value is -3.48. The summed E-state index contributed by atoms with van der Waals surface area (Å²) in [6.07, 6.45) is 4.76. The number of ether oxygens (including phenoxy) is 1. The van der Waals surface area contributed by atoms with Gasteiger partial charge in [-0.25, -0.2) is 0 Å². The van der Waals surface area contributed by atoms with Crippen LogP contribution in [-0.4, -0.2) is 46.5 Å². The minimum absolute atomic E-state index is 0.0107. The Balaban J connectivity index is 1.67. The second-order valence-corrected chi connectivity index (χ2v) is 9.72. The summed E-state index contributed by atoms with van der Waals surface area (Å²) in [5.41, 5.74) is 2.85. The number of carbonyl (C=O) groups is 4. The predicted octanol–water partition coefficient (Wildman–Crippen LogP) is 3.63. The molecule has 0 saturated carbocycles. The number of rotatable bonds is 5. The lowest BCUT2D eigenvalue weighted by atomic mass is 9.59. The van der Waals surface area contributed by atoms with Gasteiger partial charge in [-0.15, -0.1) is 0 Å². The molecule has 1 N–H and O–H groups in total. The Morgan fingerprint density at radius 3 is 2.57 bits per heavy atom. The van der Waals surface area contributed by atoms with E-state index in [1.165, 1.54) is 17.0 Å². The fraction of sp³-hybridized carbons (Fsp3) is 0.429. The summed E-state index contributed by atoms with van der Waals surface area (Å²) in [5, 5.41) is 10.3. The van der Waals surface area contributed by atoms with Crippen molar-refractivity contribution in [3.8, 4) is 11.5 Å². The van der Waals surface area contributed by atoms with Gasteiger partial charge in [0.05, 0.1) is 18.4 Å². The van der Waals surface area contributed by atoms with Crippen molar-refractivity contribution in [2.45, 2.75) is 46.0 Å². The van der Waals surface area contributed by atoms with Crippen LogP contribution >= 0.6 is 0 Å². The van der Waals surface area contributed by atoms with Gasteiger partial charge in [-0.1, -0.05) is 24.6 Å². The zero-order chi connectivity index (χ0) is 25.0. The van der Waals surface area contributed by atoms with Crippen LogP contribution < -0.4 is 4.74 Å². The molecule has 5 rings (SSSR count). The SMILES string of the molecule is CCCN1C(=O)[C@H]2[C@H](CC=C3[C@H](c4ccc(O)c(OCC)c4)C4=C(C[C@H]32)C(=O)C(C)=CC4=O)C1=O. The third kappa shape index (κ3) is 3.48. The number of nitrogens with zero attached hydrogens (tertiary/aromatic N) is 1. The number of benzene rings is 1. The molecule has 4 atom stereocenters. The molecule has 0 aromatic heterocycles. The summed E-state index contributed by atoms with van der Waals surface area (Å²) in [4.78, 5) is 54.4. The van der Waals surface area contributed by atoms with Crippen LogP contribution in [0.15, 0.2) is 52.6 Å². The molecule has 0 radical (unpaired) electrons. The van der Waals surface area contributed by atoms with Gasteiger partial charge in [0.15, 0.2) is 23.1 Å². The fourth-order valence-electron chi connectivity index (χ4n) is 6.25. The topological polar surface area (TPSA) is 101 Å². The molecule has 1 aliphatic heterocycles. The lowest BCUT2D eigenvalue weighted by Crippen LogP contribution is -2.39. The van der Waals surface area contributed by atoms with Crippen molar-refractivity contribution in [2.75, 3.05) is 13.2 Å². The Bertz CT molecular complexity index is 1250. The number of allylic oxidation sites excluding steroid dienone is 6. The van der Waals surface area contributed by atoms with E-state index >= 15 is 0 Å². The Kier molecular flexibility index (Phi) is 5.74. The molecule has 2 amide bonds. The second-order valence-electron chi connectivity index (χ2n) is 9.72. The predicted molar refractivity (Wildman–Crippen MR) is 128 cm³/mol. The molecule has 0 bridgehead atoms. The molecule has 4 aliphatic rings. The number of amides is 2. The van der Waals surface area contributed by atoms with E-state index in [1.807, 2.05) is 19.9 Å². The minimum Gasteiger partial charge on any atom is -0.504 e. The normalized spacial score (nSPS) is 27.9. The number of phenols is 1. The summed E-state index contributed by atoms with van der Waals surface area (Å²) in [6, 6.07) is 4.97. The maximum Gasteiger partial charge on any atom is 0.233 e. The molecule has 0 spiro atoms. The lowest BCUT2D eigenvalue weighted by Gasteiger charge is -2.42. The van der Waals surface area contributed by atoms with Gasteiger partial charge in [0.25, 0.3) is 0 Å². The van der Waals surface area contributed by atoms with Crippen LogP contribution in [0.2, 0.25) is 0 Å². The highest BCUT2D eigenvalue weighted by molar-refractivity contribution is 6.23. The van der Waals surface area contributed by atoms with Gasteiger partial charge in [-0.05, 0) is 62.8 Å². The van der Waals surface area contributed by atoms with Crippen molar-refractivity contribution in [3.63, 3.8) is 0 Å². The zero-order valence-electron chi connectivity index (χ0n) is 20.2. The third-order valence-electron chi connectivity index (χ3n) is 7.72. The number of phenolic OH excluding ortho intramolecular Hbond substituents is 1. The molecule has 1 aromatic rings. The fourth-order valence-corrected chi connectivity index (χ4v) is 6.25. The highest BCUT2D eigenvalue weighted by atomic mass is 16.5. The molecule has 1 saturated heterocycles. The van der Waals surface area contributed by atoms with Gasteiger partial charge in [0, 0.05) is 29.2 Å². The van der Waals surface area contributed by atoms with E-state index in [2.05, 4.69) is 0 Å². The van der Waals surface area contributed by atoms with Crippen molar-refractivity contribution < 1.29 is 29.0 Å². The van der Waals surface area contributed by atoms with Crippen molar-refractivity contribution in [1.29, 1.82) is 0 Å². The zero-order valence-corrected chi connectivity index (χ0v) is 20.2. The first kappa shape index (κ1) is 23.3. The van der Waals surface area contributed by atoms with E-state index in [9.17, 15) is 24.3 Å². The van der Waals surface area contributed by atoms with Crippen molar-refractivity contribution in [2.24, 2.45) is 17.8 Å². The average Bonchev–Trinajstić information content (AvgIpc) is 3.08. The van der Waals surface area contributed by atoms with Crippen LogP contribution in [-0.2, 0) is 19.2 Å². The van der Waals surface area contributed by atoms with Crippen LogP contribution in [0.3, 0.4) is 0 Å². The van der Waals surface area contributed by atoms with Crippen molar-refractivity contribution >= 4 is 23.4 Å². The molecule has 1 heterocycles. The first-order chi connectivity index (χ1) is 16.8. The van der Waals surface area contributed by atoms with Gasteiger partial charge < -0.3 is 9.84 Å². The first-order valence-electron chi connectivity index (χ1n) is 12.3. The molecule has 35 heavy (non-hydrogen) atoms. The summed E-state index contributed by atoms with van der Waals surface area (Å²) in [5.74, 6) is -2.29. The smallest absolute Gasteiger partial charge is 0.233 e. The lowest BCUT2D eigenvalue weighted by molar-refractivity contribution is -0.140. The van der Waals surface area contributed by atoms with Gasteiger partial charge in [-0.3, -0.25) is 24.1 Å². The Labute approximate surface area is 204 Å². The van der Waals surface area contributed by atoms with Crippen LogP contribution in [0.5, 0.6) is 11.5 Å². The van der Waals surface area contributed by atoms with Gasteiger partial charge >= 0.3 is 0 Å². The van der Waals surface area contributed by atoms with E-state index in [4.69, 9.17) is 4.74 Å². The number of hydrogen-bond acceptors (Lipinski definition) is 6. The molecule has 1 fully saturated rings. The molecular formula is C28H29NO6. The summed E-state index contributed by atoms with van der Waals surface area (Å²) < 4.78 is 5.59. The van der Waals surface area contributed by atoms with E-state index in [0.29, 0.717) is 54.0 Å². The van der Waals surface area contributed by atoms with Gasteiger partial charge in [0.1, 0.15) is 0 Å². The van der Waals surface area contributed by atoms with E-state index in [-0.39, 0.29) is 41.5 Å². The van der Waals surface area contributed by atoms with E-state index < -0.39 is 17.8 Å². The number of hydrogen-bond donors (Lipinski definition) is 1. The number of ketones is 2. The largest absolute Gasteiger partial charge is 0.504 e. The summed E-state index contributed by atoms with van der Waals surface area (Å²) in [7, 11) is 0. The monoisotopic (exact) mass is 475 g/mol. The standard InChI is InChI=1S/C28H29NO6/c1-4-10-29-27(33)17-8-7-16-18(24(17)28(29)34)13-19-25(21(31)11-14(3)26(19)32)23(16)15-6-9-20(30)22(12-15)35-5-2/h6-7,9,11-12,17-18,23-24,30H,4-5,8,10,13H2,1-3H3/t17-,18+,23-,24-/m0/s1. The van der Waals surface area contributed by atoms with Crippen molar-refractivity contribution in [3.05, 3.63) is 58.2 Å². The molecule has 1 aromatic carbocycles. The van der Waals surface area contributed by atoms with Gasteiger partial charge in [0.2, 0.25) is 11.8 Å². The molecule has 182 valence electrons. The maximum atomic E-state index is 13.4. The van der Waals surface area contributed by atoms with E-state index in [1.54, 1.807) is 19.1 Å². The third-order valence-corrected chi connectivity index (χ3v) is 7.72. The maximum absolute atomic E-state index is 13.4. The molecule has 7 nitrogen and oxygen atoms in total. The number of fused-ring (bicyclic) bond motifs is 3. The number of likely N-dealkylation sites (tertiary alicyclic amines) is 1. The van der Waals surface area contributed by atoms with Crippen LogP contribution in [0, 0.1) is 17.8 Å². The van der Waals surface area contributed by atoms with E-state index in [0.717, 1.165) is 5.57 Å². The Morgan fingerprint density at radius 2 is 1.86 bits per heavy atom. The molecule has 3 aliphatic carbocycles. The number of aromatic hydroxyl groups is 1. The van der Waals surface area contributed by atoms with Crippen LogP contribution in [0.25, 0.3) is 0 Å². The quantitative estimate of drug-likeness (QED) is 0.397. The minimum atomic E-state index is -0.548.